The first-order chi connectivity index (χ1) is 11.1. The van der Waals surface area contributed by atoms with E-state index in [-0.39, 0.29) is 11.3 Å². The molecule has 0 aliphatic heterocycles. The van der Waals surface area contributed by atoms with Crippen molar-refractivity contribution in [3.05, 3.63) is 29.8 Å². The molecule has 5 nitrogen and oxygen atoms in total. The SMILES string of the molecule is Cc1ccc(N([C@H](C)C(=O)NC(C)(C)CC(C)(C)C)S(C)(=O)=O)cc1. The summed E-state index contributed by atoms with van der Waals surface area (Å²) in [6.07, 6.45) is 1.90. The molecular formula is C19H32N2O3S. The van der Waals surface area contributed by atoms with Crippen LogP contribution in [0.15, 0.2) is 24.3 Å². The fourth-order valence-electron chi connectivity index (χ4n) is 3.31. The van der Waals surface area contributed by atoms with Crippen LogP contribution in [0.1, 0.15) is 53.5 Å². The summed E-state index contributed by atoms with van der Waals surface area (Å²) in [5, 5.41) is 3.00. The van der Waals surface area contributed by atoms with E-state index >= 15 is 0 Å². The van der Waals surface area contributed by atoms with Crippen molar-refractivity contribution in [2.24, 2.45) is 5.41 Å². The minimum Gasteiger partial charge on any atom is -0.349 e. The molecule has 6 heteroatoms. The molecule has 0 aliphatic rings. The molecule has 0 saturated carbocycles. The first-order valence-electron chi connectivity index (χ1n) is 8.50. The van der Waals surface area contributed by atoms with Crippen molar-refractivity contribution in [2.75, 3.05) is 10.6 Å². The van der Waals surface area contributed by atoms with Crippen molar-refractivity contribution in [2.45, 2.75) is 66.5 Å². The molecule has 1 amide bonds. The highest BCUT2D eigenvalue weighted by Crippen LogP contribution is 2.27. The summed E-state index contributed by atoms with van der Waals surface area (Å²) in [4.78, 5) is 12.8. The Labute approximate surface area is 152 Å². The normalized spacial score (nSPS) is 14.1. The van der Waals surface area contributed by atoms with E-state index in [1.165, 1.54) is 4.31 Å². The van der Waals surface area contributed by atoms with E-state index in [9.17, 15) is 13.2 Å². The number of sulfonamides is 1. The summed E-state index contributed by atoms with van der Waals surface area (Å²) in [7, 11) is -3.59. The maximum Gasteiger partial charge on any atom is 0.244 e. The highest BCUT2D eigenvalue weighted by Gasteiger charge is 2.33. The lowest BCUT2D eigenvalue weighted by Crippen LogP contribution is -2.54. The Bertz CT molecular complexity index is 701. The maximum atomic E-state index is 12.8. The molecule has 0 fully saturated rings. The molecule has 0 saturated heterocycles. The van der Waals surface area contributed by atoms with Gasteiger partial charge in [-0.3, -0.25) is 9.10 Å². The van der Waals surface area contributed by atoms with Gasteiger partial charge in [0.25, 0.3) is 0 Å². The molecule has 0 bridgehead atoms. The van der Waals surface area contributed by atoms with Gasteiger partial charge in [-0.2, -0.15) is 0 Å². The second kappa shape index (κ2) is 7.36. The Morgan fingerprint density at radius 3 is 2.00 bits per heavy atom. The summed E-state index contributed by atoms with van der Waals surface area (Å²) in [5.74, 6) is -0.305. The molecule has 0 aliphatic carbocycles. The molecule has 0 spiro atoms. The van der Waals surface area contributed by atoms with Crippen molar-refractivity contribution >= 4 is 21.6 Å². The van der Waals surface area contributed by atoms with Gasteiger partial charge in [-0.15, -0.1) is 0 Å². The maximum absolute atomic E-state index is 12.8. The molecule has 142 valence electrons. The second-order valence-electron chi connectivity index (χ2n) is 8.68. The van der Waals surface area contributed by atoms with Gasteiger partial charge in [0, 0.05) is 5.54 Å². The number of hydrogen-bond donors (Lipinski definition) is 1. The number of rotatable bonds is 6. The smallest absolute Gasteiger partial charge is 0.244 e. The van der Waals surface area contributed by atoms with Gasteiger partial charge in [0.15, 0.2) is 0 Å². The van der Waals surface area contributed by atoms with Gasteiger partial charge in [0.2, 0.25) is 15.9 Å². The van der Waals surface area contributed by atoms with E-state index in [4.69, 9.17) is 0 Å². The van der Waals surface area contributed by atoms with Gasteiger partial charge in [0.1, 0.15) is 6.04 Å². The van der Waals surface area contributed by atoms with Crippen LogP contribution >= 0.6 is 0 Å². The lowest BCUT2D eigenvalue weighted by Gasteiger charge is -2.36. The Morgan fingerprint density at radius 2 is 1.60 bits per heavy atom. The zero-order valence-corrected chi connectivity index (χ0v) is 17.5. The largest absolute Gasteiger partial charge is 0.349 e. The number of benzene rings is 1. The topological polar surface area (TPSA) is 66.5 Å². The van der Waals surface area contributed by atoms with Crippen LogP contribution in [0.4, 0.5) is 5.69 Å². The highest BCUT2D eigenvalue weighted by molar-refractivity contribution is 7.92. The van der Waals surface area contributed by atoms with Gasteiger partial charge in [-0.05, 0) is 51.7 Å². The van der Waals surface area contributed by atoms with Crippen LogP contribution in [0.2, 0.25) is 0 Å². The van der Waals surface area contributed by atoms with Crippen molar-refractivity contribution in [3.8, 4) is 0 Å². The summed E-state index contributed by atoms with van der Waals surface area (Å²) in [6, 6.07) is 6.28. The van der Waals surface area contributed by atoms with Crippen LogP contribution in [0, 0.1) is 12.3 Å². The zero-order valence-electron chi connectivity index (χ0n) is 16.7. The molecule has 1 atom stereocenters. The molecule has 1 rings (SSSR count). The summed E-state index contributed by atoms with van der Waals surface area (Å²) in [5.41, 5.74) is 1.14. The lowest BCUT2D eigenvalue weighted by molar-refractivity contribution is -0.123. The van der Waals surface area contributed by atoms with Crippen LogP contribution in [0.3, 0.4) is 0 Å². The van der Waals surface area contributed by atoms with Crippen molar-refractivity contribution < 1.29 is 13.2 Å². The third kappa shape index (κ3) is 6.69. The average Bonchev–Trinajstić information content (AvgIpc) is 2.36. The monoisotopic (exact) mass is 368 g/mol. The van der Waals surface area contributed by atoms with Crippen LogP contribution in [-0.2, 0) is 14.8 Å². The Kier molecular flexibility index (Phi) is 6.32. The summed E-state index contributed by atoms with van der Waals surface area (Å²) in [6.45, 7) is 13.8. The number of carbonyl (C=O) groups excluding carboxylic acids is 1. The van der Waals surface area contributed by atoms with Crippen molar-refractivity contribution in [1.29, 1.82) is 0 Å². The fourth-order valence-corrected chi connectivity index (χ4v) is 4.48. The molecular weight excluding hydrogens is 336 g/mol. The van der Waals surface area contributed by atoms with E-state index in [1.807, 2.05) is 32.9 Å². The van der Waals surface area contributed by atoms with Crippen LogP contribution in [0.25, 0.3) is 0 Å². The number of carbonyl (C=O) groups is 1. The van der Waals surface area contributed by atoms with Gasteiger partial charge < -0.3 is 5.32 Å². The summed E-state index contributed by atoms with van der Waals surface area (Å²) >= 11 is 0. The van der Waals surface area contributed by atoms with Gasteiger partial charge in [-0.1, -0.05) is 38.5 Å². The zero-order chi connectivity index (χ0) is 19.6. The Hall–Kier alpha value is -1.56. The number of anilines is 1. The Morgan fingerprint density at radius 1 is 1.12 bits per heavy atom. The lowest BCUT2D eigenvalue weighted by atomic mass is 9.81. The Balaban J connectivity index is 3.08. The van der Waals surface area contributed by atoms with Crippen molar-refractivity contribution in [3.63, 3.8) is 0 Å². The quantitative estimate of drug-likeness (QED) is 0.836. The predicted molar refractivity (Wildman–Crippen MR) is 104 cm³/mol. The number of aryl methyl sites for hydroxylation is 1. The first-order valence-corrected chi connectivity index (χ1v) is 10.4. The molecule has 0 aromatic heterocycles. The number of nitrogens with one attached hydrogen (secondary N) is 1. The molecule has 0 heterocycles. The van der Waals surface area contributed by atoms with Crippen LogP contribution in [-0.4, -0.2) is 32.2 Å². The highest BCUT2D eigenvalue weighted by atomic mass is 32.2. The molecule has 0 radical (unpaired) electrons. The molecule has 1 aromatic rings. The minimum atomic E-state index is -3.59. The third-order valence-corrected chi connectivity index (χ3v) is 5.05. The second-order valence-corrected chi connectivity index (χ2v) is 10.5. The summed E-state index contributed by atoms with van der Waals surface area (Å²) < 4.78 is 25.8. The van der Waals surface area contributed by atoms with E-state index in [2.05, 4.69) is 26.1 Å². The standard InChI is InChI=1S/C19H32N2O3S/c1-14-9-11-16(12-10-14)21(25(8,23)24)15(2)17(22)20-19(6,7)13-18(3,4)5/h9-12,15H,13H2,1-8H3,(H,20,22)/t15-/m1/s1. The predicted octanol–water partition coefficient (Wildman–Crippen LogP) is 3.48. The van der Waals surface area contributed by atoms with Gasteiger partial charge in [-0.25, -0.2) is 8.42 Å². The van der Waals surface area contributed by atoms with Crippen LogP contribution < -0.4 is 9.62 Å². The van der Waals surface area contributed by atoms with E-state index in [1.54, 1.807) is 19.1 Å². The molecule has 1 N–H and O–H groups in total. The van der Waals surface area contributed by atoms with E-state index in [0.29, 0.717) is 5.69 Å². The minimum absolute atomic E-state index is 0.0491. The van der Waals surface area contributed by atoms with Gasteiger partial charge >= 0.3 is 0 Å². The number of hydrogen-bond acceptors (Lipinski definition) is 3. The first kappa shape index (κ1) is 21.5. The average molecular weight is 369 g/mol. The van der Waals surface area contributed by atoms with Crippen LogP contribution in [0.5, 0.6) is 0 Å². The van der Waals surface area contributed by atoms with E-state index in [0.717, 1.165) is 18.2 Å². The molecule has 0 unspecified atom stereocenters. The number of amides is 1. The molecule has 25 heavy (non-hydrogen) atoms. The fraction of sp³-hybridized carbons (Fsp3) is 0.632. The number of nitrogens with zero attached hydrogens (tertiary/aromatic N) is 1. The van der Waals surface area contributed by atoms with Gasteiger partial charge in [0.05, 0.1) is 11.9 Å². The molecule has 1 aromatic carbocycles. The van der Waals surface area contributed by atoms with Crippen molar-refractivity contribution in [1.82, 2.24) is 5.32 Å². The third-order valence-electron chi connectivity index (χ3n) is 3.81. The van der Waals surface area contributed by atoms with E-state index < -0.39 is 21.6 Å².